The Hall–Kier alpha value is -6.90. The van der Waals surface area contributed by atoms with Gasteiger partial charge in [-0.2, -0.15) is 4.98 Å². The summed E-state index contributed by atoms with van der Waals surface area (Å²) >= 11 is 0. The fourth-order valence-electron chi connectivity index (χ4n) is 8.92. The molecule has 14 heteroatoms. The van der Waals surface area contributed by atoms with Crippen LogP contribution in [0.2, 0.25) is 0 Å². The minimum atomic E-state index is -0.163. The molecule has 8 rings (SSSR count). The topological polar surface area (TPSA) is 117 Å². The Kier molecular flexibility index (Phi) is 16.6. The number of allylic oxidation sites excluding steroid dienone is 2. The zero-order valence-electron chi connectivity index (χ0n) is 40.2. The largest absolute Gasteiger partial charge is 0.492 e. The second-order valence-electron chi connectivity index (χ2n) is 17.4. The van der Waals surface area contributed by atoms with Gasteiger partial charge in [-0.3, -0.25) is 14.7 Å². The van der Waals surface area contributed by atoms with Crippen molar-refractivity contribution >= 4 is 35.3 Å². The van der Waals surface area contributed by atoms with Crippen LogP contribution >= 0.6 is 0 Å². The van der Waals surface area contributed by atoms with E-state index < -0.39 is 0 Å². The van der Waals surface area contributed by atoms with E-state index in [9.17, 15) is 4.79 Å². The van der Waals surface area contributed by atoms with Crippen LogP contribution in [0.15, 0.2) is 144 Å². The van der Waals surface area contributed by atoms with Gasteiger partial charge in [0.25, 0.3) is 5.91 Å². The number of rotatable bonds is 20. The lowest BCUT2D eigenvalue weighted by Gasteiger charge is -2.36. The molecule has 0 fully saturated rings. The number of carbonyl (C=O) groups is 1. The summed E-state index contributed by atoms with van der Waals surface area (Å²) in [4.78, 5) is 38.0. The van der Waals surface area contributed by atoms with Crippen molar-refractivity contribution in [1.82, 2.24) is 30.1 Å². The molecule has 356 valence electrons. The van der Waals surface area contributed by atoms with Crippen LogP contribution in [0.3, 0.4) is 0 Å². The molecule has 1 amide bonds. The standard InChI is InChI=1S/C54H67N11O3/c1-5-55-51-25-15-24-50-44(38-57-51)41-62(29-28-61(50)4)45-20-13-22-47(36-45)68-35-33-63(27-26-42-16-9-7-10-17-42)65-31-30-64(53(66)49-39-58-54(56-6-2)59-52(49)65)46-21-14-23-48(37-46)67-34-32-60(3)40-43-18-11-8-12-19-43/h7-14,16-23,25,36-39,55H,5-6,15,24,26-35,40-41H2,1-4H3,(H,56,58,59)/b51-25+,57-38-. The van der Waals surface area contributed by atoms with Crippen molar-refractivity contribution in [2.45, 2.75) is 39.7 Å². The summed E-state index contributed by atoms with van der Waals surface area (Å²) in [5.41, 5.74) is 7.38. The van der Waals surface area contributed by atoms with E-state index in [-0.39, 0.29) is 5.91 Å². The van der Waals surface area contributed by atoms with E-state index in [1.54, 1.807) is 6.20 Å². The van der Waals surface area contributed by atoms with Gasteiger partial charge in [0.15, 0.2) is 5.82 Å². The zero-order chi connectivity index (χ0) is 47.1. The normalized spacial score (nSPS) is 16.6. The van der Waals surface area contributed by atoms with Gasteiger partial charge in [-0.25, -0.2) is 15.0 Å². The van der Waals surface area contributed by atoms with Crippen molar-refractivity contribution in [2.75, 3.05) is 113 Å². The van der Waals surface area contributed by atoms with Gasteiger partial charge in [0.2, 0.25) is 5.95 Å². The lowest BCUT2D eigenvalue weighted by atomic mass is 10.1. The minimum Gasteiger partial charge on any atom is -0.492 e. The number of hydrogen-bond donors (Lipinski definition) is 2. The first-order chi connectivity index (χ1) is 33.3. The summed E-state index contributed by atoms with van der Waals surface area (Å²) in [6, 6.07) is 37.2. The fraction of sp³-hybridized carbons (Fsp3) is 0.370. The van der Waals surface area contributed by atoms with E-state index in [0.29, 0.717) is 69.0 Å². The van der Waals surface area contributed by atoms with E-state index >= 15 is 0 Å². The second kappa shape index (κ2) is 23.7. The van der Waals surface area contributed by atoms with Crippen LogP contribution in [0.1, 0.15) is 48.2 Å². The third-order valence-corrected chi connectivity index (χ3v) is 12.5. The summed E-state index contributed by atoms with van der Waals surface area (Å²) in [5.74, 6) is 3.34. The molecule has 0 radical (unpaired) electrons. The van der Waals surface area contributed by atoms with Gasteiger partial charge in [-0.1, -0.05) is 72.8 Å². The first-order valence-electron chi connectivity index (χ1n) is 24.2. The van der Waals surface area contributed by atoms with Crippen LogP contribution in [0.4, 0.5) is 23.1 Å². The monoisotopic (exact) mass is 918 g/mol. The van der Waals surface area contributed by atoms with Crippen molar-refractivity contribution in [1.29, 1.82) is 0 Å². The molecule has 0 aliphatic carbocycles. The van der Waals surface area contributed by atoms with Crippen LogP contribution < -0.4 is 34.9 Å². The van der Waals surface area contributed by atoms with Gasteiger partial charge in [0.05, 0.1) is 13.1 Å². The van der Waals surface area contributed by atoms with Crippen molar-refractivity contribution in [2.24, 2.45) is 4.99 Å². The van der Waals surface area contributed by atoms with Gasteiger partial charge in [0, 0.05) is 113 Å². The van der Waals surface area contributed by atoms with Gasteiger partial charge >= 0.3 is 0 Å². The number of amides is 1. The number of likely N-dealkylation sites (N-methyl/N-ethyl adjacent to an activating group) is 2. The van der Waals surface area contributed by atoms with Crippen LogP contribution in [0.25, 0.3) is 0 Å². The number of aliphatic imine (C=N–C) groups is 1. The molecule has 4 aromatic carbocycles. The van der Waals surface area contributed by atoms with Gasteiger partial charge in [-0.15, -0.1) is 0 Å². The molecule has 0 unspecified atom stereocenters. The maximum absolute atomic E-state index is 14.7. The van der Waals surface area contributed by atoms with Crippen LogP contribution in [-0.4, -0.2) is 130 Å². The number of anilines is 4. The third-order valence-electron chi connectivity index (χ3n) is 12.5. The first-order valence-corrected chi connectivity index (χ1v) is 24.2. The van der Waals surface area contributed by atoms with E-state index in [1.807, 2.05) is 60.5 Å². The fourth-order valence-corrected chi connectivity index (χ4v) is 8.92. The van der Waals surface area contributed by atoms with E-state index in [2.05, 4.69) is 134 Å². The molecule has 0 spiro atoms. The van der Waals surface area contributed by atoms with Gasteiger partial charge < -0.3 is 34.8 Å². The SMILES string of the molecule is CCNC1=C\CCC2=C(/C=N\1)CN(c1cccc(OCCN(CCc3ccccc3)N3CCN(c4cccc(OCCN(C)Cc5ccccc5)c4)C(=O)c4cnc(NCC)nc43)c1)CCN2C. The Bertz CT molecular complexity index is 2520. The van der Waals surface area contributed by atoms with E-state index in [1.165, 1.54) is 22.4 Å². The Balaban J connectivity index is 0.992. The molecule has 5 aromatic rings. The summed E-state index contributed by atoms with van der Waals surface area (Å²) < 4.78 is 12.9. The van der Waals surface area contributed by atoms with Crippen molar-refractivity contribution < 1.29 is 14.3 Å². The molecule has 3 aliphatic rings. The van der Waals surface area contributed by atoms with Gasteiger partial charge in [-0.05, 0) is 81.6 Å². The smallest absolute Gasteiger partial charge is 0.263 e. The second-order valence-corrected chi connectivity index (χ2v) is 17.4. The number of carbonyl (C=O) groups excluding carboxylic acids is 1. The number of aromatic nitrogens is 2. The Morgan fingerprint density at radius 2 is 1.46 bits per heavy atom. The van der Waals surface area contributed by atoms with Crippen LogP contribution in [-0.2, 0) is 13.0 Å². The lowest BCUT2D eigenvalue weighted by Crippen LogP contribution is -2.48. The molecule has 0 bridgehead atoms. The maximum atomic E-state index is 14.7. The predicted molar refractivity (Wildman–Crippen MR) is 275 cm³/mol. The van der Waals surface area contributed by atoms with Crippen molar-refractivity contribution in [3.8, 4) is 11.5 Å². The highest BCUT2D eigenvalue weighted by atomic mass is 16.5. The van der Waals surface area contributed by atoms with Crippen molar-refractivity contribution in [3.05, 3.63) is 155 Å². The minimum absolute atomic E-state index is 0.163. The van der Waals surface area contributed by atoms with Crippen LogP contribution in [0.5, 0.6) is 11.5 Å². The number of nitrogens with zero attached hydrogens (tertiary/aromatic N) is 9. The number of hydrogen-bond acceptors (Lipinski definition) is 13. The zero-order valence-corrected chi connectivity index (χ0v) is 40.2. The molecule has 3 aliphatic heterocycles. The quantitative estimate of drug-likeness (QED) is 0.0796. The molecule has 0 saturated heterocycles. The molecule has 1 aromatic heterocycles. The lowest BCUT2D eigenvalue weighted by molar-refractivity contribution is 0.0989. The average molecular weight is 918 g/mol. The third kappa shape index (κ3) is 12.5. The Morgan fingerprint density at radius 1 is 0.750 bits per heavy atom. The Labute approximate surface area is 402 Å². The highest BCUT2D eigenvalue weighted by Crippen LogP contribution is 2.31. The first kappa shape index (κ1) is 47.6. The molecule has 68 heavy (non-hydrogen) atoms. The van der Waals surface area contributed by atoms with Crippen LogP contribution in [0, 0.1) is 0 Å². The average Bonchev–Trinajstić information content (AvgIpc) is 3.59. The number of hydrazine groups is 1. The van der Waals surface area contributed by atoms with E-state index in [0.717, 1.165) is 81.5 Å². The number of nitrogens with one attached hydrogen (secondary N) is 2. The summed E-state index contributed by atoms with van der Waals surface area (Å²) in [6.45, 7) is 12.8. The molecule has 0 atom stereocenters. The highest BCUT2D eigenvalue weighted by Gasteiger charge is 2.33. The van der Waals surface area contributed by atoms with Crippen molar-refractivity contribution in [3.63, 3.8) is 0 Å². The molecule has 0 saturated carbocycles. The maximum Gasteiger partial charge on any atom is 0.263 e. The molecule has 4 heterocycles. The molecular weight excluding hydrogens is 851 g/mol. The predicted octanol–water partition coefficient (Wildman–Crippen LogP) is 7.75. The van der Waals surface area contributed by atoms with E-state index in [4.69, 9.17) is 19.5 Å². The number of ether oxygens (including phenoxy) is 2. The summed E-state index contributed by atoms with van der Waals surface area (Å²) in [7, 11) is 4.29. The molecule has 2 N–H and O–H groups in total. The number of benzene rings is 4. The number of fused-ring (bicyclic) bond motifs is 1. The molecule has 14 nitrogen and oxygen atoms in total. The highest BCUT2D eigenvalue weighted by molar-refractivity contribution is 6.09. The molecular formula is C54H67N11O3. The Morgan fingerprint density at radius 3 is 2.21 bits per heavy atom. The van der Waals surface area contributed by atoms with Gasteiger partial charge in [0.1, 0.15) is 36.1 Å². The summed E-state index contributed by atoms with van der Waals surface area (Å²) in [5, 5.41) is 11.1. The summed E-state index contributed by atoms with van der Waals surface area (Å²) in [6.07, 6.45) is 8.63.